The Kier molecular flexibility index (Phi) is 18.5. The van der Waals surface area contributed by atoms with Crippen molar-refractivity contribution < 1.29 is 61.8 Å². The highest BCUT2D eigenvalue weighted by Crippen LogP contribution is 2.45. The van der Waals surface area contributed by atoms with Crippen LogP contribution in [0.5, 0.6) is 0 Å². The molecular formula is C46H79N5O13. The van der Waals surface area contributed by atoms with Crippen molar-refractivity contribution >= 4 is 23.8 Å². The number of rotatable bonds is 14. The van der Waals surface area contributed by atoms with E-state index in [1.807, 2.05) is 55.6 Å². The molecule has 4 aliphatic heterocycles. The van der Waals surface area contributed by atoms with E-state index >= 15 is 0 Å². The molecule has 4 fully saturated rings. The zero-order valence-electron chi connectivity index (χ0n) is 41.4. The molecular weight excluding hydrogens is 831 g/mol. The molecule has 4 rings (SSSR count). The second-order valence-electron chi connectivity index (χ2n) is 19.8. The van der Waals surface area contributed by atoms with Crippen molar-refractivity contribution in [3.05, 3.63) is 10.4 Å². The SMILES string of the molecule is CCC1OC(=O)[C@H](C)[C@@H](OC2CC(C)(OC)C(OC(C)=O)C(C)O2)[C@H](C)[C@@H](OC2OC(C)CC(N(C)C)C2C)[C@@](C)(OC)C[C@@H](C)C(=O)[C@H](C)[C@H]2N(CCCCN=[N+]=[N-])C(=O)O[C@]12C. The Morgan fingerprint density at radius 1 is 0.906 bits per heavy atom. The number of ketones is 1. The number of cyclic esters (lactones) is 1. The lowest BCUT2D eigenvalue weighted by Crippen LogP contribution is -2.61. The van der Waals surface area contributed by atoms with Gasteiger partial charge in [0, 0.05) is 75.3 Å². The van der Waals surface area contributed by atoms with Gasteiger partial charge in [0.05, 0.1) is 42.0 Å². The average molecular weight is 910 g/mol. The third-order valence-electron chi connectivity index (χ3n) is 14.7. The van der Waals surface area contributed by atoms with Crippen LogP contribution in [0.4, 0.5) is 4.79 Å². The smallest absolute Gasteiger partial charge is 0.410 e. The third-order valence-corrected chi connectivity index (χ3v) is 14.7. The van der Waals surface area contributed by atoms with E-state index in [9.17, 15) is 19.2 Å². The normalized spacial score (nSPS) is 42.5. The molecule has 0 aromatic carbocycles. The Bertz CT molecular complexity index is 1670. The van der Waals surface area contributed by atoms with Crippen LogP contribution < -0.4 is 0 Å². The number of carbonyl (C=O) groups excluding carboxylic acids is 4. The molecule has 0 aliphatic carbocycles. The molecule has 4 saturated heterocycles. The van der Waals surface area contributed by atoms with E-state index in [0.29, 0.717) is 12.8 Å². The fraction of sp³-hybridized carbons (Fsp3) is 0.913. The summed E-state index contributed by atoms with van der Waals surface area (Å²) in [6.07, 6.45) is -4.16. The maximum Gasteiger partial charge on any atom is 0.410 e. The first-order valence-corrected chi connectivity index (χ1v) is 23.2. The Morgan fingerprint density at radius 3 is 2.12 bits per heavy atom. The molecule has 9 unspecified atom stereocenters. The molecule has 0 N–H and O–H groups in total. The molecule has 4 heterocycles. The second kappa shape index (κ2) is 22.1. The Hall–Kier alpha value is -3.09. The van der Waals surface area contributed by atoms with Crippen molar-refractivity contribution in [2.24, 2.45) is 34.7 Å². The molecule has 18 heteroatoms. The van der Waals surface area contributed by atoms with Gasteiger partial charge in [0.2, 0.25) is 0 Å². The van der Waals surface area contributed by atoms with Crippen LogP contribution in [0.2, 0.25) is 0 Å². The van der Waals surface area contributed by atoms with Gasteiger partial charge in [-0.3, -0.25) is 14.4 Å². The minimum atomic E-state index is -1.43. The van der Waals surface area contributed by atoms with Gasteiger partial charge in [0.1, 0.15) is 17.5 Å². The lowest BCUT2D eigenvalue weighted by Gasteiger charge is -2.50. The number of unbranched alkanes of at least 4 members (excludes halogenated alkanes) is 1. The van der Waals surface area contributed by atoms with Gasteiger partial charge in [-0.05, 0) is 93.3 Å². The quantitative estimate of drug-likeness (QED) is 0.0437. The summed E-state index contributed by atoms with van der Waals surface area (Å²) in [5.74, 6) is -4.30. The zero-order chi connectivity index (χ0) is 48.1. The Morgan fingerprint density at radius 2 is 1.55 bits per heavy atom. The highest BCUT2D eigenvalue weighted by atomic mass is 16.7. The van der Waals surface area contributed by atoms with Crippen LogP contribution in [0.3, 0.4) is 0 Å². The average Bonchev–Trinajstić information content (AvgIpc) is 3.50. The molecule has 0 spiro atoms. The number of nitrogens with zero attached hydrogens (tertiary/aromatic N) is 5. The number of fused-ring (bicyclic) bond motifs is 1. The maximum absolute atomic E-state index is 14.9. The highest BCUT2D eigenvalue weighted by Gasteiger charge is 2.61. The van der Waals surface area contributed by atoms with Crippen LogP contribution in [-0.2, 0) is 57.0 Å². The van der Waals surface area contributed by atoms with E-state index in [-0.39, 0.29) is 56.2 Å². The molecule has 0 aromatic rings. The Labute approximate surface area is 380 Å². The number of esters is 2. The van der Waals surface area contributed by atoms with Gasteiger partial charge >= 0.3 is 18.0 Å². The van der Waals surface area contributed by atoms with Crippen LogP contribution >= 0.6 is 0 Å². The summed E-state index contributed by atoms with van der Waals surface area (Å²) < 4.78 is 58.1. The first kappa shape index (κ1) is 53.5. The summed E-state index contributed by atoms with van der Waals surface area (Å²) in [5, 5.41) is 3.63. The minimum absolute atomic E-state index is 0.0860. The number of amides is 1. The zero-order valence-corrected chi connectivity index (χ0v) is 41.4. The standard InChI is InChI=1S/C46H79N5O13/c1-17-34-46(12)38(51(43(55)64-46)21-19-18-20-48-49-47)28(5)36(53)25(2)23-44(10,56-15)39(63-42-27(4)33(50(13)14)22-26(3)58-42)29(6)37(30(7)41(54)61-34)62-35-24-45(11,57-16)40(31(8)59-35)60-32(9)52/h25-31,33-35,37-40,42H,17-24H2,1-16H3/t25-,26?,27?,28+,29+,30-,31?,33?,34?,35?,37+,38-,39-,40?,42?,44+,45?,46-/m1/s1. The maximum atomic E-state index is 14.9. The van der Waals surface area contributed by atoms with Gasteiger partial charge in [-0.15, -0.1) is 0 Å². The van der Waals surface area contributed by atoms with E-state index in [4.69, 9.17) is 48.2 Å². The van der Waals surface area contributed by atoms with E-state index in [0.717, 1.165) is 6.42 Å². The number of carbonyl (C=O) groups is 4. The topological polar surface area (TPSA) is 207 Å². The third kappa shape index (κ3) is 11.5. The van der Waals surface area contributed by atoms with Crippen molar-refractivity contribution in [2.75, 3.05) is 41.4 Å². The van der Waals surface area contributed by atoms with Gasteiger partial charge < -0.3 is 52.4 Å². The lowest BCUT2D eigenvalue weighted by molar-refractivity contribution is -0.315. The first-order chi connectivity index (χ1) is 29.9. The molecule has 18 nitrogen and oxygen atoms in total. The van der Waals surface area contributed by atoms with Crippen LogP contribution in [0.15, 0.2) is 5.11 Å². The van der Waals surface area contributed by atoms with Gasteiger partial charge in [-0.1, -0.05) is 39.7 Å². The van der Waals surface area contributed by atoms with E-state index in [1.54, 1.807) is 46.8 Å². The van der Waals surface area contributed by atoms with E-state index in [1.165, 1.54) is 6.92 Å². The second-order valence-corrected chi connectivity index (χ2v) is 19.8. The van der Waals surface area contributed by atoms with Crippen molar-refractivity contribution in [1.29, 1.82) is 0 Å². The van der Waals surface area contributed by atoms with Crippen LogP contribution in [0, 0.1) is 29.6 Å². The predicted octanol–water partition coefficient (Wildman–Crippen LogP) is 6.84. The summed E-state index contributed by atoms with van der Waals surface area (Å²) in [4.78, 5) is 62.5. The van der Waals surface area contributed by atoms with E-state index in [2.05, 4.69) is 21.8 Å². The van der Waals surface area contributed by atoms with Gasteiger partial charge in [-0.25, -0.2) is 4.79 Å². The van der Waals surface area contributed by atoms with Gasteiger partial charge in [0.25, 0.3) is 0 Å². The largest absolute Gasteiger partial charge is 0.458 e. The molecule has 18 atom stereocenters. The number of Topliss-reactive ketones (excluding diaryl/α,β-unsaturated/α-hetero) is 1. The fourth-order valence-corrected chi connectivity index (χ4v) is 11.1. The number of methoxy groups -OCH3 is 2. The molecule has 64 heavy (non-hydrogen) atoms. The van der Waals surface area contributed by atoms with Crippen LogP contribution in [0.1, 0.15) is 122 Å². The fourth-order valence-electron chi connectivity index (χ4n) is 11.1. The molecule has 0 saturated carbocycles. The Balaban J connectivity index is 1.89. The van der Waals surface area contributed by atoms with E-state index < -0.39 is 108 Å². The highest BCUT2D eigenvalue weighted by molar-refractivity contribution is 5.85. The summed E-state index contributed by atoms with van der Waals surface area (Å²) in [6, 6.07) is -0.682. The molecule has 0 aromatic heterocycles. The van der Waals surface area contributed by atoms with Crippen molar-refractivity contribution in [3.63, 3.8) is 0 Å². The van der Waals surface area contributed by atoms with Gasteiger partial charge in [-0.2, -0.15) is 0 Å². The number of ether oxygens (including phenoxy) is 9. The number of hydrogen-bond acceptors (Lipinski definition) is 15. The summed E-state index contributed by atoms with van der Waals surface area (Å²) >= 11 is 0. The van der Waals surface area contributed by atoms with Crippen LogP contribution in [0.25, 0.3) is 10.4 Å². The summed E-state index contributed by atoms with van der Waals surface area (Å²) in [7, 11) is 7.21. The van der Waals surface area contributed by atoms with Crippen LogP contribution in [-0.4, -0.2) is 153 Å². The van der Waals surface area contributed by atoms with Gasteiger partial charge in [0.15, 0.2) is 24.3 Å². The lowest BCUT2D eigenvalue weighted by atomic mass is 9.73. The summed E-state index contributed by atoms with van der Waals surface area (Å²) in [5.41, 5.74) is 5.19. The number of hydrogen-bond donors (Lipinski definition) is 0. The monoisotopic (exact) mass is 910 g/mol. The predicted molar refractivity (Wildman–Crippen MR) is 236 cm³/mol. The molecule has 0 bridgehead atoms. The molecule has 4 aliphatic rings. The minimum Gasteiger partial charge on any atom is -0.458 e. The molecule has 366 valence electrons. The van der Waals surface area contributed by atoms with Crippen molar-refractivity contribution in [1.82, 2.24) is 9.80 Å². The molecule has 1 amide bonds. The molecule has 0 radical (unpaired) electrons. The summed E-state index contributed by atoms with van der Waals surface area (Å²) in [6.45, 7) is 22.4. The van der Waals surface area contributed by atoms with Crippen molar-refractivity contribution in [3.8, 4) is 0 Å². The van der Waals surface area contributed by atoms with Crippen molar-refractivity contribution in [2.45, 2.75) is 200 Å². The number of azide groups is 1. The first-order valence-electron chi connectivity index (χ1n) is 23.2.